The quantitative estimate of drug-likeness (QED) is 0.703. The summed E-state index contributed by atoms with van der Waals surface area (Å²) in [6.07, 6.45) is 6.13. The van der Waals surface area contributed by atoms with Gasteiger partial charge in [-0.2, -0.15) is 0 Å². The summed E-state index contributed by atoms with van der Waals surface area (Å²) in [7, 11) is 1.70. The van der Waals surface area contributed by atoms with E-state index in [0.717, 1.165) is 53.3 Å². The molecule has 1 atom stereocenters. The van der Waals surface area contributed by atoms with Gasteiger partial charge in [0, 0.05) is 11.8 Å². The Labute approximate surface area is 143 Å². The van der Waals surface area contributed by atoms with Gasteiger partial charge in [0.25, 0.3) is 0 Å². The van der Waals surface area contributed by atoms with E-state index in [-0.39, 0.29) is 11.1 Å². The van der Waals surface area contributed by atoms with E-state index in [0.29, 0.717) is 0 Å². The molecule has 0 aliphatic heterocycles. The summed E-state index contributed by atoms with van der Waals surface area (Å²) in [6.45, 7) is 0. The molecule has 6 heteroatoms. The smallest absolute Gasteiger partial charge is 0.167 e. The summed E-state index contributed by atoms with van der Waals surface area (Å²) in [4.78, 5) is 12.4. The van der Waals surface area contributed by atoms with E-state index >= 15 is 0 Å². The van der Waals surface area contributed by atoms with Crippen LogP contribution in [0.15, 0.2) is 35.6 Å². The molecule has 0 fully saturated rings. The third-order valence-corrected chi connectivity index (χ3v) is 5.55. The lowest BCUT2D eigenvalue weighted by molar-refractivity contribution is 0.408. The highest BCUT2D eigenvalue weighted by Gasteiger charge is 2.24. The molecule has 1 unspecified atom stereocenters. The van der Waals surface area contributed by atoms with Gasteiger partial charge in [0.2, 0.25) is 0 Å². The molecule has 2 aromatic heterocycles. The zero-order chi connectivity index (χ0) is 16.5. The Bertz CT molecular complexity index is 880. The number of imidazole rings is 1. The highest BCUT2D eigenvalue weighted by Crippen LogP contribution is 2.43. The molecule has 1 aliphatic carbocycles. The van der Waals surface area contributed by atoms with E-state index in [1.807, 2.05) is 12.3 Å². The van der Waals surface area contributed by atoms with Crippen LogP contribution < -0.4 is 4.74 Å². The summed E-state index contributed by atoms with van der Waals surface area (Å²) >= 11 is 1.66. The summed E-state index contributed by atoms with van der Waals surface area (Å²) in [6, 6.07) is 6.54. The monoisotopic (exact) mass is 343 g/mol. The fourth-order valence-electron chi connectivity index (χ4n) is 3.24. The van der Waals surface area contributed by atoms with Crippen LogP contribution >= 0.6 is 11.8 Å². The van der Waals surface area contributed by atoms with Crippen molar-refractivity contribution < 1.29 is 9.13 Å². The van der Waals surface area contributed by atoms with Crippen molar-refractivity contribution in [3.05, 3.63) is 47.5 Å². The highest BCUT2D eigenvalue weighted by atomic mass is 32.2. The van der Waals surface area contributed by atoms with Gasteiger partial charge in [0.05, 0.1) is 29.1 Å². The number of pyridine rings is 1. The molecule has 1 aliphatic rings. The number of ether oxygens (including phenoxy) is 1. The van der Waals surface area contributed by atoms with Gasteiger partial charge in [-0.1, -0.05) is 18.2 Å². The van der Waals surface area contributed by atoms with E-state index in [2.05, 4.69) is 15.0 Å². The van der Waals surface area contributed by atoms with E-state index in [4.69, 9.17) is 4.74 Å². The lowest BCUT2D eigenvalue weighted by Gasteiger charge is -2.16. The van der Waals surface area contributed by atoms with Crippen LogP contribution in [0.3, 0.4) is 0 Å². The summed E-state index contributed by atoms with van der Waals surface area (Å²) in [5, 5.41) is 1.03. The third-order valence-electron chi connectivity index (χ3n) is 4.39. The van der Waals surface area contributed by atoms with Crippen molar-refractivity contribution >= 4 is 22.8 Å². The first-order chi connectivity index (χ1) is 11.7. The normalized spacial score (nSPS) is 17.5. The van der Waals surface area contributed by atoms with Crippen LogP contribution in [-0.2, 0) is 6.42 Å². The lowest BCUT2D eigenvalue weighted by Crippen LogP contribution is -2.02. The zero-order valence-corrected chi connectivity index (χ0v) is 14.2. The molecular formula is C18H18FN3OS. The molecule has 0 bridgehead atoms. The molecule has 1 N–H and O–H groups in total. The Hall–Kier alpha value is -2.08. The van der Waals surface area contributed by atoms with E-state index in [1.165, 1.54) is 17.7 Å². The molecule has 124 valence electrons. The lowest BCUT2D eigenvalue weighted by atomic mass is 10.1. The van der Waals surface area contributed by atoms with Crippen molar-refractivity contribution in [1.29, 1.82) is 0 Å². The second-order valence-electron chi connectivity index (χ2n) is 5.93. The second kappa shape index (κ2) is 6.43. The Morgan fingerprint density at radius 3 is 3.08 bits per heavy atom. The van der Waals surface area contributed by atoms with Crippen molar-refractivity contribution in [2.75, 3.05) is 7.11 Å². The minimum Gasteiger partial charge on any atom is -0.496 e. The Morgan fingerprint density at radius 2 is 2.21 bits per heavy atom. The van der Waals surface area contributed by atoms with Crippen LogP contribution in [0.5, 0.6) is 5.75 Å². The fraction of sp³-hybridized carbons (Fsp3) is 0.333. The molecule has 24 heavy (non-hydrogen) atoms. The van der Waals surface area contributed by atoms with E-state index in [1.54, 1.807) is 24.9 Å². The van der Waals surface area contributed by atoms with Crippen LogP contribution in [0.25, 0.3) is 11.0 Å². The molecule has 0 saturated heterocycles. The molecule has 0 amide bonds. The topological polar surface area (TPSA) is 50.8 Å². The molecule has 4 nitrogen and oxygen atoms in total. The molecule has 3 aromatic rings. The second-order valence-corrected chi connectivity index (χ2v) is 7.12. The fourth-order valence-corrected chi connectivity index (χ4v) is 4.43. The number of halogens is 1. The standard InChI is InChI=1S/C18H18FN3OS/c1-23-15-8-9-20-17-12(15)4-2-3-5-16(17)24-18-21-13-7-6-11(19)10-14(13)22-18/h6-10,16H,2-5H2,1H3,(H,21,22). The number of nitrogens with one attached hydrogen (secondary N) is 1. The van der Waals surface area contributed by atoms with Crippen molar-refractivity contribution in [3.63, 3.8) is 0 Å². The number of fused-ring (bicyclic) bond motifs is 2. The van der Waals surface area contributed by atoms with Crippen molar-refractivity contribution in [2.24, 2.45) is 0 Å². The third kappa shape index (κ3) is 2.86. The van der Waals surface area contributed by atoms with Crippen molar-refractivity contribution in [1.82, 2.24) is 15.0 Å². The van der Waals surface area contributed by atoms with E-state index in [9.17, 15) is 4.39 Å². The number of rotatable bonds is 3. The average molecular weight is 343 g/mol. The number of benzene rings is 1. The van der Waals surface area contributed by atoms with Gasteiger partial charge < -0.3 is 9.72 Å². The summed E-state index contributed by atoms with van der Waals surface area (Å²) in [5.41, 5.74) is 3.80. The number of H-pyrrole nitrogens is 1. The zero-order valence-electron chi connectivity index (χ0n) is 13.4. The first kappa shape index (κ1) is 15.4. The minimum absolute atomic E-state index is 0.225. The molecule has 0 spiro atoms. The number of aromatic nitrogens is 3. The maximum atomic E-state index is 13.4. The molecule has 2 heterocycles. The van der Waals surface area contributed by atoms with Gasteiger partial charge in [0.1, 0.15) is 11.6 Å². The molecule has 0 radical (unpaired) electrons. The predicted octanol–water partition coefficient (Wildman–Crippen LogP) is 4.67. The van der Waals surface area contributed by atoms with Crippen molar-refractivity contribution in [2.45, 2.75) is 36.1 Å². The largest absolute Gasteiger partial charge is 0.496 e. The van der Waals surface area contributed by atoms with Crippen LogP contribution in [0.2, 0.25) is 0 Å². The molecule has 0 saturated carbocycles. The number of methoxy groups -OCH3 is 1. The maximum Gasteiger partial charge on any atom is 0.167 e. The average Bonchev–Trinajstić information content (AvgIpc) is 2.87. The number of thioether (sulfide) groups is 1. The number of aromatic amines is 1. The molecule has 4 rings (SSSR count). The van der Waals surface area contributed by atoms with Gasteiger partial charge in [-0.15, -0.1) is 0 Å². The number of hydrogen-bond donors (Lipinski definition) is 1. The SMILES string of the molecule is COc1ccnc2c1CCCCC2Sc1nc2ccc(F)cc2[nH]1. The highest BCUT2D eigenvalue weighted by molar-refractivity contribution is 7.99. The molecule has 1 aromatic carbocycles. The Morgan fingerprint density at radius 1 is 1.29 bits per heavy atom. The first-order valence-corrected chi connectivity index (χ1v) is 8.96. The van der Waals surface area contributed by atoms with Crippen LogP contribution in [0, 0.1) is 5.82 Å². The maximum absolute atomic E-state index is 13.4. The minimum atomic E-state index is -0.256. The Balaban J connectivity index is 1.68. The molecular weight excluding hydrogens is 325 g/mol. The van der Waals surface area contributed by atoms with Gasteiger partial charge in [-0.25, -0.2) is 9.37 Å². The predicted molar refractivity (Wildman–Crippen MR) is 93.0 cm³/mol. The van der Waals surface area contributed by atoms with Crippen molar-refractivity contribution in [3.8, 4) is 5.75 Å². The van der Waals surface area contributed by atoms with Gasteiger partial charge >= 0.3 is 0 Å². The van der Waals surface area contributed by atoms with Crippen LogP contribution in [0.4, 0.5) is 4.39 Å². The summed E-state index contributed by atoms with van der Waals surface area (Å²) in [5.74, 6) is 0.660. The number of hydrogen-bond acceptors (Lipinski definition) is 4. The van der Waals surface area contributed by atoms with Gasteiger partial charge in [-0.3, -0.25) is 4.98 Å². The Kier molecular flexibility index (Phi) is 4.14. The van der Waals surface area contributed by atoms with Gasteiger partial charge in [-0.05, 0) is 43.5 Å². The van der Waals surface area contributed by atoms with E-state index < -0.39 is 0 Å². The number of nitrogens with zero attached hydrogens (tertiary/aromatic N) is 2. The first-order valence-electron chi connectivity index (χ1n) is 8.08. The summed E-state index contributed by atoms with van der Waals surface area (Å²) < 4.78 is 18.9. The van der Waals surface area contributed by atoms with Crippen LogP contribution in [0.1, 0.15) is 35.8 Å². The van der Waals surface area contributed by atoms with Gasteiger partial charge in [0.15, 0.2) is 5.16 Å². The van der Waals surface area contributed by atoms with Crippen LogP contribution in [-0.4, -0.2) is 22.1 Å².